The molecule has 124 valence electrons. The van der Waals surface area contributed by atoms with E-state index in [1.807, 2.05) is 12.1 Å². The number of sulfonamides is 1. The van der Waals surface area contributed by atoms with E-state index in [4.69, 9.17) is 0 Å². The lowest BCUT2D eigenvalue weighted by atomic mass is 10.1. The normalized spacial score (nSPS) is 11.6. The van der Waals surface area contributed by atoms with Crippen LogP contribution in [0.2, 0.25) is 0 Å². The van der Waals surface area contributed by atoms with Crippen molar-refractivity contribution in [2.45, 2.75) is 24.5 Å². The SMILES string of the molecule is Cc1ccccc1CSCCNS(=O)(=O)c1ccc(F)cc1C. The molecule has 0 unspecified atom stereocenters. The summed E-state index contributed by atoms with van der Waals surface area (Å²) >= 11 is 1.68. The van der Waals surface area contributed by atoms with Crippen LogP contribution in [0.3, 0.4) is 0 Å². The van der Waals surface area contributed by atoms with Gasteiger partial charge in [0.05, 0.1) is 4.90 Å². The fraction of sp³-hybridized carbons (Fsp3) is 0.294. The van der Waals surface area contributed by atoms with Gasteiger partial charge in [-0.15, -0.1) is 0 Å². The molecular weight excluding hydrogens is 333 g/mol. The number of hydrogen-bond donors (Lipinski definition) is 1. The minimum atomic E-state index is -3.59. The number of aryl methyl sites for hydroxylation is 2. The van der Waals surface area contributed by atoms with E-state index in [0.29, 0.717) is 17.9 Å². The van der Waals surface area contributed by atoms with Crippen molar-refractivity contribution in [2.75, 3.05) is 12.3 Å². The average Bonchev–Trinajstić information content (AvgIpc) is 2.48. The molecule has 0 aliphatic carbocycles. The van der Waals surface area contributed by atoms with Gasteiger partial charge in [0.2, 0.25) is 10.0 Å². The highest BCUT2D eigenvalue weighted by molar-refractivity contribution is 7.98. The maximum Gasteiger partial charge on any atom is 0.240 e. The Morgan fingerprint density at radius 1 is 1.09 bits per heavy atom. The lowest BCUT2D eigenvalue weighted by Gasteiger charge is -2.09. The van der Waals surface area contributed by atoms with Gasteiger partial charge >= 0.3 is 0 Å². The van der Waals surface area contributed by atoms with Crippen LogP contribution in [0.4, 0.5) is 4.39 Å². The molecular formula is C17H20FNO2S2. The van der Waals surface area contributed by atoms with Crippen molar-refractivity contribution in [3.8, 4) is 0 Å². The van der Waals surface area contributed by atoms with Gasteiger partial charge in [0, 0.05) is 18.1 Å². The van der Waals surface area contributed by atoms with E-state index in [9.17, 15) is 12.8 Å². The summed E-state index contributed by atoms with van der Waals surface area (Å²) in [5, 5.41) is 0. The molecule has 0 spiro atoms. The van der Waals surface area contributed by atoms with Crippen LogP contribution in [0.15, 0.2) is 47.4 Å². The Morgan fingerprint density at radius 3 is 2.52 bits per heavy atom. The van der Waals surface area contributed by atoms with Gasteiger partial charge in [-0.05, 0) is 48.7 Å². The van der Waals surface area contributed by atoms with Crippen LogP contribution in [0.5, 0.6) is 0 Å². The molecule has 2 aromatic rings. The van der Waals surface area contributed by atoms with Gasteiger partial charge < -0.3 is 0 Å². The van der Waals surface area contributed by atoms with Crippen LogP contribution < -0.4 is 4.72 Å². The van der Waals surface area contributed by atoms with Crippen LogP contribution in [-0.4, -0.2) is 20.7 Å². The van der Waals surface area contributed by atoms with Gasteiger partial charge in [-0.25, -0.2) is 17.5 Å². The highest BCUT2D eigenvalue weighted by atomic mass is 32.2. The number of rotatable bonds is 7. The number of benzene rings is 2. The molecule has 1 N–H and O–H groups in total. The summed E-state index contributed by atoms with van der Waals surface area (Å²) in [7, 11) is -3.59. The fourth-order valence-corrected chi connectivity index (χ4v) is 4.51. The van der Waals surface area contributed by atoms with Gasteiger partial charge in [0.1, 0.15) is 5.82 Å². The van der Waals surface area contributed by atoms with Gasteiger partial charge in [-0.2, -0.15) is 11.8 Å². The van der Waals surface area contributed by atoms with Gasteiger partial charge in [-0.1, -0.05) is 24.3 Å². The molecule has 0 amide bonds. The third-order valence-electron chi connectivity index (χ3n) is 3.48. The molecule has 0 radical (unpaired) electrons. The van der Waals surface area contributed by atoms with Crippen LogP contribution in [0.1, 0.15) is 16.7 Å². The van der Waals surface area contributed by atoms with E-state index in [1.54, 1.807) is 18.7 Å². The van der Waals surface area contributed by atoms with Gasteiger partial charge in [0.25, 0.3) is 0 Å². The Labute approximate surface area is 141 Å². The molecule has 0 heterocycles. The summed E-state index contributed by atoms with van der Waals surface area (Å²) in [5.74, 6) is 1.09. The molecule has 3 nitrogen and oxygen atoms in total. The first-order chi connectivity index (χ1) is 10.9. The van der Waals surface area contributed by atoms with Crippen LogP contribution >= 0.6 is 11.8 Å². The quantitative estimate of drug-likeness (QED) is 0.773. The largest absolute Gasteiger partial charge is 0.240 e. The van der Waals surface area contributed by atoms with E-state index in [-0.39, 0.29) is 4.90 Å². The van der Waals surface area contributed by atoms with Crippen LogP contribution in [0, 0.1) is 19.7 Å². The molecule has 0 aliphatic heterocycles. The number of halogens is 1. The Hall–Kier alpha value is -1.37. The van der Waals surface area contributed by atoms with E-state index in [2.05, 4.69) is 23.8 Å². The summed E-state index contributed by atoms with van der Waals surface area (Å²) < 4.78 is 40.0. The van der Waals surface area contributed by atoms with Crippen molar-refractivity contribution in [2.24, 2.45) is 0 Å². The van der Waals surface area contributed by atoms with E-state index in [1.165, 1.54) is 23.3 Å². The maximum absolute atomic E-state index is 13.1. The molecule has 0 aliphatic rings. The highest BCUT2D eigenvalue weighted by Gasteiger charge is 2.16. The van der Waals surface area contributed by atoms with E-state index >= 15 is 0 Å². The fourth-order valence-electron chi connectivity index (χ4n) is 2.19. The molecule has 0 fully saturated rings. The van der Waals surface area contributed by atoms with Crippen LogP contribution in [-0.2, 0) is 15.8 Å². The second kappa shape index (κ2) is 7.95. The lowest BCUT2D eigenvalue weighted by Crippen LogP contribution is -2.26. The first kappa shape index (κ1) is 18.0. The lowest BCUT2D eigenvalue weighted by molar-refractivity contribution is 0.582. The average molecular weight is 353 g/mol. The summed E-state index contributed by atoms with van der Waals surface area (Å²) in [6, 6.07) is 11.8. The monoisotopic (exact) mass is 353 g/mol. The molecule has 2 aromatic carbocycles. The minimum absolute atomic E-state index is 0.128. The Kier molecular flexibility index (Phi) is 6.21. The van der Waals surface area contributed by atoms with E-state index in [0.717, 1.165) is 11.8 Å². The van der Waals surface area contributed by atoms with Crippen molar-refractivity contribution in [1.29, 1.82) is 0 Å². The summed E-state index contributed by atoms with van der Waals surface area (Å²) in [5.41, 5.74) is 2.90. The Morgan fingerprint density at radius 2 is 1.83 bits per heavy atom. The highest BCUT2D eigenvalue weighted by Crippen LogP contribution is 2.17. The van der Waals surface area contributed by atoms with Gasteiger partial charge in [-0.3, -0.25) is 0 Å². The van der Waals surface area contributed by atoms with Crippen molar-refractivity contribution >= 4 is 21.8 Å². The number of thioether (sulfide) groups is 1. The first-order valence-corrected chi connectivity index (χ1v) is 9.92. The molecule has 2 rings (SSSR count). The van der Waals surface area contributed by atoms with Crippen molar-refractivity contribution in [1.82, 2.24) is 4.72 Å². The maximum atomic E-state index is 13.1. The number of nitrogens with one attached hydrogen (secondary N) is 1. The summed E-state index contributed by atoms with van der Waals surface area (Å²) in [6.07, 6.45) is 0. The Balaban J connectivity index is 1.85. The van der Waals surface area contributed by atoms with Crippen molar-refractivity contribution < 1.29 is 12.8 Å². The first-order valence-electron chi connectivity index (χ1n) is 7.28. The minimum Gasteiger partial charge on any atom is -0.210 e. The van der Waals surface area contributed by atoms with Crippen LogP contribution in [0.25, 0.3) is 0 Å². The molecule has 0 aromatic heterocycles. The molecule has 0 atom stereocenters. The zero-order valence-electron chi connectivity index (χ0n) is 13.2. The Bertz CT molecular complexity index is 776. The second-order valence-corrected chi connectivity index (χ2v) is 8.13. The molecule has 0 saturated heterocycles. The van der Waals surface area contributed by atoms with E-state index < -0.39 is 15.8 Å². The third kappa shape index (κ3) is 5.06. The second-order valence-electron chi connectivity index (χ2n) is 5.29. The summed E-state index contributed by atoms with van der Waals surface area (Å²) in [6.45, 7) is 4.00. The smallest absolute Gasteiger partial charge is 0.210 e. The third-order valence-corrected chi connectivity index (χ3v) is 6.11. The molecule has 6 heteroatoms. The van der Waals surface area contributed by atoms with Gasteiger partial charge in [0.15, 0.2) is 0 Å². The summed E-state index contributed by atoms with van der Waals surface area (Å²) in [4.78, 5) is 0.128. The number of hydrogen-bond acceptors (Lipinski definition) is 3. The van der Waals surface area contributed by atoms with Crippen molar-refractivity contribution in [3.05, 3.63) is 65.0 Å². The zero-order valence-corrected chi connectivity index (χ0v) is 14.8. The predicted molar refractivity (Wildman–Crippen MR) is 93.7 cm³/mol. The van der Waals surface area contributed by atoms with Crippen molar-refractivity contribution in [3.63, 3.8) is 0 Å². The molecule has 0 bridgehead atoms. The molecule has 23 heavy (non-hydrogen) atoms. The zero-order chi connectivity index (χ0) is 16.9. The topological polar surface area (TPSA) is 46.2 Å². The predicted octanol–water partition coefficient (Wildman–Crippen LogP) is 3.65. The standard InChI is InChI=1S/C17H20FNO2S2/c1-13-5-3-4-6-15(13)12-22-10-9-19-23(20,21)17-8-7-16(18)11-14(17)2/h3-8,11,19H,9-10,12H2,1-2H3. The molecule has 0 saturated carbocycles.